The van der Waals surface area contributed by atoms with E-state index in [1.165, 1.54) is 10.5 Å². The number of halogens is 2. The first-order valence-corrected chi connectivity index (χ1v) is 9.47. The average Bonchev–Trinajstić information content (AvgIpc) is 3.11. The van der Waals surface area contributed by atoms with Crippen molar-refractivity contribution in [3.63, 3.8) is 0 Å². The molecule has 1 aliphatic rings. The van der Waals surface area contributed by atoms with Crippen molar-refractivity contribution in [3.8, 4) is 0 Å². The maximum atomic E-state index is 13.4. The Bertz CT molecular complexity index is 1090. The van der Waals surface area contributed by atoms with Crippen LogP contribution in [0.25, 0.3) is 5.52 Å². The molecule has 2 aromatic heterocycles. The van der Waals surface area contributed by atoms with Crippen LogP contribution >= 0.6 is 0 Å². The van der Waals surface area contributed by atoms with E-state index in [0.717, 1.165) is 25.0 Å². The van der Waals surface area contributed by atoms with E-state index in [0.29, 0.717) is 24.5 Å². The number of nitrogens with one attached hydrogen (secondary N) is 1. The molecule has 0 atom stereocenters. The number of carbonyl (C=O) groups is 2. The van der Waals surface area contributed by atoms with E-state index >= 15 is 0 Å². The van der Waals surface area contributed by atoms with Crippen LogP contribution in [0, 0.1) is 17.6 Å². The Morgan fingerprint density at radius 1 is 1.10 bits per heavy atom. The summed E-state index contributed by atoms with van der Waals surface area (Å²) in [6.45, 7) is 3.47. The standard InChI is InChI=1S/C21H20F2N4O2/c1-13-7-10-26(11-8-13)21(29)18-17-4-2-3-9-27(17)19(25-18)20(28)24-14-5-6-15(22)16(23)12-14/h2-6,9,12-13H,7-8,10-11H2,1H3,(H,24,28). The minimum absolute atomic E-state index is 0.000870. The number of anilines is 1. The zero-order valence-electron chi connectivity index (χ0n) is 15.9. The highest BCUT2D eigenvalue weighted by molar-refractivity contribution is 6.06. The molecule has 1 fully saturated rings. The Labute approximate surface area is 166 Å². The molecule has 3 aromatic rings. The number of hydrogen-bond donors (Lipinski definition) is 1. The molecule has 0 bridgehead atoms. The lowest BCUT2D eigenvalue weighted by Gasteiger charge is -2.29. The zero-order chi connectivity index (χ0) is 20.5. The Morgan fingerprint density at radius 3 is 2.59 bits per heavy atom. The smallest absolute Gasteiger partial charge is 0.292 e. The minimum Gasteiger partial charge on any atom is -0.337 e. The van der Waals surface area contributed by atoms with Crippen molar-refractivity contribution in [2.75, 3.05) is 18.4 Å². The fraction of sp³-hybridized carbons (Fsp3) is 0.286. The molecule has 0 spiro atoms. The van der Waals surface area contributed by atoms with Crippen LogP contribution in [0.5, 0.6) is 0 Å². The van der Waals surface area contributed by atoms with Crippen molar-refractivity contribution in [1.82, 2.24) is 14.3 Å². The van der Waals surface area contributed by atoms with Crippen LogP contribution in [-0.4, -0.2) is 39.2 Å². The number of aromatic nitrogens is 2. The van der Waals surface area contributed by atoms with E-state index in [1.807, 2.05) is 0 Å². The Balaban J connectivity index is 1.65. The van der Waals surface area contributed by atoms with Gasteiger partial charge in [0.25, 0.3) is 11.8 Å². The monoisotopic (exact) mass is 398 g/mol. The van der Waals surface area contributed by atoms with E-state index in [2.05, 4.69) is 17.2 Å². The van der Waals surface area contributed by atoms with Crippen molar-refractivity contribution < 1.29 is 18.4 Å². The number of fused-ring (bicyclic) bond motifs is 1. The summed E-state index contributed by atoms with van der Waals surface area (Å²) in [5.74, 6) is -2.32. The summed E-state index contributed by atoms with van der Waals surface area (Å²) in [6, 6.07) is 8.29. The van der Waals surface area contributed by atoms with Gasteiger partial charge in [-0.15, -0.1) is 0 Å². The second kappa shape index (κ2) is 7.62. The number of benzene rings is 1. The lowest BCUT2D eigenvalue weighted by atomic mass is 9.99. The predicted molar refractivity (Wildman–Crippen MR) is 104 cm³/mol. The largest absolute Gasteiger partial charge is 0.337 e. The van der Waals surface area contributed by atoms with Gasteiger partial charge in [0.15, 0.2) is 17.3 Å². The number of imidazole rings is 1. The van der Waals surface area contributed by atoms with Crippen molar-refractivity contribution in [3.05, 3.63) is 65.7 Å². The van der Waals surface area contributed by atoms with Gasteiger partial charge in [-0.25, -0.2) is 13.8 Å². The summed E-state index contributed by atoms with van der Waals surface area (Å²) in [7, 11) is 0. The molecule has 1 aromatic carbocycles. The SMILES string of the molecule is CC1CCN(C(=O)c2nc(C(=O)Nc3ccc(F)c(F)c3)n3ccccc23)CC1. The van der Waals surface area contributed by atoms with E-state index in [9.17, 15) is 18.4 Å². The Kier molecular flexibility index (Phi) is 5.00. The lowest BCUT2D eigenvalue weighted by Crippen LogP contribution is -2.38. The molecule has 4 rings (SSSR count). The summed E-state index contributed by atoms with van der Waals surface area (Å²) in [6.07, 6.45) is 3.50. The minimum atomic E-state index is -1.06. The molecule has 1 saturated heterocycles. The highest BCUT2D eigenvalue weighted by atomic mass is 19.2. The molecule has 0 aliphatic carbocycles. The summed E-state index contributed by atoms with van der Waals surface area (Å²) < 4.78 is 28.1. The van der Waals surface area contributed by atoms with Gasteiger partial charge < -0.3 is 10.2 Å². The van der Waals surface area contributed by atoms with Crippen molar-refractivity contribution in [2.24, 2.45) is 5.92 Å². The molecule has 0 saturated carbocycles. The first kappa shape index (κ1) is 19.0. The normalized spacial score (nSPS) is 14.9. The van der Waals surface area contributed by atoms with Gasteiger partial charge in [0.1, 0.15) is 0 Å². The van der Waals surface area contributed by atoms with Gasteiger partial charge in [0.2, 0.25) is 5.82 Å². The highest BCUT2D eigenvalue weighted by Gasteiger charge is 2.27. The summed E-state index contributed by atoms with van der Waals surface area (Å²) in [5.41, 5.74) is 0.821. The molecule has 0 unspecified atom stereocenters. The highest BCUT2D eigenvalue weighted by Crippen LogP contribution is 2.21. The molecular formula is C21H20F2N4O2. The number of amides is 2. The maximum Gasteiger partial charge on any atom is 0.292 e. The molecule has 0 radical (unpaired) electrons. The molecule has 29 heavy (non-hydrogen) atoms. The first-order valence-electron chi connectivity index (χ1n) is 9.47. The number of hydrogen-bond acceptors (Lipinski definition) is 3. The van der Waals surface area contributed by atoms with Gasteiger partial charge in [-0.1, -0.05) is 13.0 Å². The molecule has 3 heterocycles. The average molecular weight is 398 g/mol. The number of piperidine rings is 1. The molecule has 1 aliphatic heterocycles. The predicted octanol–water partition coefficient (Wildman–Crippen LogP) is 3.74. The first-order chi connectivity index (χ1) is 13.9. The topological polar surface area (TPSA) is 66.7 Å². The van der Waals surface area contributed by atoms with Gasteiger partial charge in [-0.3, -0.25) is 14.0 Å². The molecule has 8 heteroatoms. The van der Waals surface area contributed by atoms with E-state index < -0.39 is 17.5 Å². The van der Waals surface area contributed by atoms with Crippen molar-refractivity contribution >= 4 is 23.0 Å². The van der Waals surface area contributed by atoms with Gasteiger partial charge in [0.05, 0.1) is 5.52 Å². The lowest BCUT2D eigenvalue weighted by molar-refractivity contribution is 0.0694. The van der Waals surface area contributed by atoms with Gasteiger partial charge in [0, 0.05) is 31.0 Å². The van der Waals surface area contributed by atoms with E-state index in [4.69, 9.17) is 0 Å². The fourth-order valence-electron chi connectivity index (χ4n) is 3.48. The molecule has 2 amide bonds. The van der Waals surface area contributed by atoms with E-state index in [1.54, 1.807) is 29.3 Å². The summed E-state index contributed by atoms with van der Waals surface area (Å²) in [5, 5.41) is 2.50. The van der Waals surface area contributed by atoms with Crippen LogP contribution in [0.15, 0.2) is 42.6 Å². The van der Waals surface area contributed by atoms with Crippen LogP contribution in [-0.2, 0) is 0 Å². The van der Waals surface area contributed by atoms with Crippen LogP contribution in [0.3, 0.4) is 0 Å². The third kappa shape index (κ3) is 3.70. The van der Waals surface area contributed by atoms with Crippen molar-refractivity contribution in [1.29, 1.82) is 0 Å². The third-order valence-electron chi connectivity index (χ3n) is 5.20. The van der Waals surface area contributed by atoms with Gasteiger partial charge in [-0.2, -0.15) is 0 Å². The van der Waals surface area contributed by atoms with Crippen LogP contribution in [0.2, 0.25) is 0 Å². The third-order valence-corrected chi connectivity index (χ3v) is 5.20. The Morgan fingerprint density at radius 2 is 1.86 bits per heavy atom. The fourth-order valence-corrected chi connectivity index (χ4v) is 3.48. The molecule has 150 valence electrons. The van der Waals surface area contributed by atoms with Crippen molar-refractivity contribution in [2.45, 2.75) is 19.8 Å². The quantitative estimate of drug-likeness (QED) is 0.731. The Hall–Kier alpha value is -3.29. The number of pyridine rings is 1. The second-order valence-electron chi connectivity index (χ2n) is 7.30. The number of likely N-dealkylation sites (tertiary alicyclic amines) is 1. The number of rotatable bonds is 3. The maximum absolute atomic E-state index is 13.4. The van der Waals surface area contributed by atoms with Crippen LogP contribution < -0.4 is 5.32 Å². The van der Waals surface area contributed by atoms with Crippen LogP contribution in [0.4, 0.5) is 14.5 Å². The van der Waals surface area contributed by atoms with Crippen LogP contribution in [0.1, 0.15) is 40.9 Å². The second-order valence-corrected chi connectivity index (χ2v) is 7.30. The molecular weight excluding hydrogens is 378 g/mol. The van der Waals surface area contributed by atoms with Gasteiger partial charge >= 0.3 is 0 Å². The van der Waals surface area contributed by atoms with Gasteiger partial charge in [-0.05, 0) is 43.0 Å². The van der Waals surface area contributed by atoms with E-state index in [-0.39, 0.29) is 23.1 Å². The molecule has 6 nitrogen and oxygen atoms in total. The number of nitrogens with zero attached hydrogens (tertiary/aromatic N) is 3. The molecule has 1 N–H and O–H groups in total. The summed E-state index contributed by atoms with van der Waals surface area (Å²) >= 11 is 0. The summed E-state index contributed by atoms with van der Waals surface area (Å²) in [4.78, 5) is 31.8. The zero-order valence-corrected chi connectivity index (χ0v) is 15.9. The number of carbonyl (C=O) groups excluding carboxylic acids is 2.